The summed E-state index contributed by atoms with van der Waals surface area (Å²) in [5.74, 6) is 0.439. The lowest BCUT2D eigenvalue weighted by molar-refractivity contribution is -0.140. The number of ether oxygens (including phenoxy) is 3. The Morgan fingerprint density at radius 1 is 0.944 bits per heavy atom. The normalized spacial score (nSPS) is 12.7. The fraction of sp³-hybridized carbons (Fsp3) is 0.345. The third-order valence-corrected chi connectivity index (χ3v) is 5.76. The van der Waals surface area contributed by atoms with Crippen molar-refractivity contribution in [1.82, 2.24) is 0 Å². The molecule has 0 heterocycles. The van der Waals surface area contributed by atoms with Gasteiger partial charge in [0, 0.05) is 6.61 Å². The summed E-state index contributed by atoms with van der Waals surface area (Å²) in [5, 5.41) is 27.6. The van der Waals surface area contributed by atoms with Crippen LogP contribution in [-0.4, -0.2) is 47.2 Å². The van der Waals surface area contributed by atoms with Crippen molar-refractivity contribution < 1.29 is 34.3 Å². The van der Waals surface area contributed by atoms with E-state index in [1.54, 1.807) is 0 Å². The molecule has 0 saturated heterocycles. The van der Waals surface area contributed by atoms with Gasteiger partial charge in [0.1, 0.15) is 30.8 Å². The molecule has 0 unspecified atom stereocenters. The number of carboxylic acid groups (broad SMARTS) is 1. The highest BCUT2D eigenvalue weighted by Crippen LogP contribution is 2.32. The Kier molecular flexibility index (Phi) is 9.87. The highest BCUT2D eigenvalue weighted by molar-refractivity contribution is 5.72. The monoisotopic (exact) mass is 494 g/mol. The van der Waals surface area contributed by atoms with Crippen LogP contribution in [0, 0.1) is 13.8 Å². The molecular formula is C29H34O7. The average molecular weight is 495 g/mol. The van der Waals surface area contributed by atoms with Crippen molar-refractivity contribution in [1.29, 1.82) is 0 Å². The van der Waals surface area contributed by atoms with Crippen molar-refractivity contribution in [2.45, 2.75) is 46.0 Å². The predicted octanol–water partition coefficient (Wildman–Crippen LogP) is 4.83. The van der Waals surface area contributed by atoms with Crippen molar-refractivity contribution in [2.24, 2.45) is 0 Å². The molecule has 0 radical (unpaired) electrons. The maximum absolute atomic E-state index is 11.1. The number of aliphatic carboxylic acids is 1. The van der Waals surface area contributed by atoms with Gasteiger partial charge in [-0.05, 0) is 84.5 Å². The minimum absolute atomic E-state index is 0.0361. The second kappa shape index (κ2) is 13.1. The molecule has 0 amide bonds. The summed E-state index contributed by atoms with van der Waals surface area (Å²) in [5.41, 5.74) is 6.08. The summed E-state index contributed by atoms with van der Waals surface area (Å²) in [4.78, 5) is 11.1. The van der Waals surface area contributed by atoms with Crippen LogP contribution in [-0.2, 0) is 16.1 Å². The van der Waals surface area contributed by atoms with E-state index in [-0.39, 0.29) is 19.6 Å². The first kappa shape index (κ1) is 27.2. The number of aryl methyl sites for hydroxylation is 2. The molecule has 36 heavy (non-hydrogen) atoms. The largest absolute Gasteiger partial charge is 0.491 e. The molecule has 0 aromatic heterocycles. The minimum Gasteiger partial charge on any atom is -0.491 e. The predicted molar refractivity (Wildman–Crippen MR) is 137 cm³/mol. The number of hydrogen-bond donors (Lipinski definition) is 3. The Hall–Kier alpha value is -3.39. The first-order valence-corrected chi connectivity index (χ1v) is 12.0. The number of benzene rings is 3. The lowest BCUT2D eigenvalue weighted by Gasteiger charge is -2.16. The minimum atomic E-state index is -0.908. The van der Waals surface area contributed by atoms with Crippen LogP contribution in [0.25, 0.3) is 11.1 Å². The average Bonchev–Trinajstić information content (AvgIpc) is 2.86. The van der Waals surface area contributed by atoms with Gasteiger partial charge in [-0.3, -0.25) is 4.79 Å². The Morgan fingerprint density at radius 3 is 2.25 bits per heavy atom. The van der Waals surface area contributed by atoms with Gasteiger partial charge in [0.2, 0.25) is 0 Å². The molecule has 3 aromatic rings. The van der Waals surface area contributed by atoms with Crippen LogP contribution in [0.3, 0.4) is 0 Å². The van der Waals surface area contributed by atoms with Crippen molar-refractivity contribution in [3.63, 3.8) is 0 Å². The molecule has 0 spiro atoms. The van der Waals surface area contributed by atoms with E-state index < -0.39 is 18.2 Å². The van der Waals surface area contributed by atoms with E-state index in [9.17, 15) is 9.90 Å². The SMILES string of the molecule is CCO[C@@H](CC(=O)O)c1ccc(OCc2cccc(-c3c(C)cc(OC[C@H](O)CO)cc3C)c2)cc1. The third kappa shape index (κ3) is 7.55. The summed E-state index contributed by atoms with van der Waals surface area (Å²) < 4.78 is 17.2. The first-order chi connectivity index (χ1) is 17.3. The fourth-order valence-corrected chi connectivity index (χ4v) is 4.10. The van der Waals surface area contributed by atoms with Crippen molar-refractivity contribution in [3.05, 3.63) is 82.9 Å². The topological polar surface area (TPSA) is 105 Å². The summed E-state index contributed by atoms with van der Waals surface area (Å²) in [6, 6.07) is 19.3. The summed E-state index contributed by atoms with van der Waals surface area (Å²) in [6.07, 6.45) is -1.48. The number of aliphatic hydroxyl groups is 2. The number of rotatable bonds is 13. The quantitative estimate of drug-likeness (QED) is 0.312. The van der Waals surface area contributed by atoms with E-state index in [1.807, 2.05) is 69.3 Å². The van der Waals surface area contributed by atoms with Gasteiger partial charge in [-0.1, -0.05) is 30.3 Å². The second-order valence-electron chi connectivity index (χ2n) is 8.68. The molecule has 0 bridgehead atoms. The van der Waals surface area contributed by atoms with Gasteiger partial charge in [0.15, 0.2) is 0 Å². The van der Waals surface area contributed by atoms with Crippen LogP contribution in [0.5, 0.6) is 11.5 Å². The lowest BCUT2D eigenvalue weighted by atomic mass is 9.94. The zero-order valence-corrected chi connectivity index (χ0v) is 20.9. The van der Waals surface area contributed by atoms with Gasteiger partial charge in [0.25, 0.3) is 0 Å². The van der Waals surface area contributed by atoms with Crippen LogP contribution in [0.4, 0.5) is 0 Å². The molecule has 3 N–H and O–H groups in total. The summed E-state index contributed by atoms with van der Waals surface area (Å²) in [6.45, 7) is 6.40. The molecule has 0 fully saturated rings. The maximum Gasteiger partial charge on any atom is 0.306 e. The fourth-order valence-electron chi connectivity index (χ4n) is 4.10. The van der Waals surface area contributed by atoms with E-state index in [1.165, 1.54) is 0 Å². The highest BCUT2D eigenvalue weighted by atomic mass is 16.5. The zero-order valence-electron chi connectivity index (χ0n) is 20.9. The van der Waals surface area contributed by atoms with Crippen molar-refractivity contribution in [3.8, 4) is 22.6 Å². The molecule has 0 aliphatic carbocycles. The van der Waals surface area contributed by atoms with Gasteiger partial charge in [-0.25, -0.2) is 0 Å². The van der Waals surface area contributed by atoms with E-state index in [2.05, 4.69) is 12.1 Å². The lowest BCUT2D eigenvalue weighted by Crippen LogP contribution is -2.21. The molecule has 192 valence electrons. The molecule has 0 aliphatic heterocycles. The van der Waals surface area contributed by atoms with E-state index in [0.717, 1.165) is 33.4 Å². The number of aliphatic hydroxyl groups excluding tert-OH is 2. The smallest absolute Gasteiger partial charge is 0.306 e. The molecular weight excluding hydrogens is 460 g/mol. The van der Waals surface area contributed by atoms with Crippen LogP contribution >= 0.6 is 0 Å². The first-order valence-electron chi connectivity index (χ1n) is 12.0. The van der Waals surface area contributed by atoms with Crippen molar-refractivity contribution in [2.75, 3.05) is 19.8 Å². The Morgan fingerprint density at radius 2 is 1.64 bits per heavy atom. The molecule has 0 saturated carbocycles. The van der Waals surface area contributed by atoms with E-state index >= 15 is 0 Å². The zero-order chi connectivity index (χ0) is 26.1. The van der Waals surface area contributed by atoms with Gasteiger partial charge < -0.3 is 29.5 Å². The Balaban J connectivity index is 1.69. The van der Waals surface area contributed by atoms with Gasteiger partial charge in [-0.2, -0.15) is 0 Å². The van der Waals surface area contributed by atoms with Crippen LogP contribution in [0.2, 0.25) is 0 Å². The number of carbonyl (C=O) groups is 1. The highest BCUT2D eigenvalue weighted by Gasteiger charge is 2.16. The maximum atomic E-state index is 11.1. The van der Waals surface area contributed by atoms with Crippen LogP contribution in [0.1, 0.15) is 41.7 Å². The molecule has 3 rings (SSSR count). The molecule has 7 nitrogen and oxygen atoms in total. The summed E-state index contributed by atoms with van der Waals surface area (Å²) >= 11 is 0. The number of hydrogen-bond acceptors (Lipinski definition) is 6. The Bertz CT molecular complexity index is 1120. The van der Waals surface area contributed by atoms with E-state index in [0.29, 0.717) is 24.7 Å². The standard InChI is InChI=1S/C29H34O7/c1-4-34-27(15-28(32)33)22-8-10-25(11-9-22)35-17-21-6-5-7-23(14-21)29-19(2)12-26(13-20(29)3)36-18-24(31)16-30/h5-14,24,27,30-31H,4,15-18H2,1-3H3,(H,32,33)/t24-,27+/m1/s1. The molecule has 7 heteroatoms. The number of carboxylic acids is 1. The molecule has 0 aliphatic rings. The van der Waals surface area contributed by atoms with Gasteiger partial charge in [-0.15, -0.1) is 0 Å². The third-order valence-electron chi connectivity index (χ3n) is 5.76. The van der Waals surface area contributed by atoms with Crippen LogP contribution < -0.4 is 9.47 Å². The van der Waals surface area contributed by atoms with Crippen molar-refractivity contribution >= 4 is 5.97 Å². The van der Waals surface area contributed by atoms with Gasteiger partial charge in [0.05, 0.1) is 19.1 Å². The molecule has 3 aromatic carbocycles. The molecule has 2 atom stereocenters. The Labute approximate surface area is 211 Å². The van der Waals surface area contributed by atoms with Gasteiger partial charge >= 0.3 is 5.97 Å². The van der Waals surface area contributed by atoms with Crippen LogP contribution in [0.15, 0.2) is 60.7 Å². The van der Waals surface area contributed by atoms with E-state index in [4.69, 9.17) is 24.4 Å². The second-order valence-corrected chi connectivity index (χ2v) is 8.68. The summed E-state index contributed by atoms with van der Waals surface area (Å²) in [7, 11) is 0.